The van der Waals surface area contributed by atoms with Crippen molar-refractivity contribution in [2.45, 2.75) is 6.92 Å². The molecule has 0 aliphatic heterocycles. The van der Waals surface area contributed by atoms with Crippen molar-refractivity contribution in [1.29, 1.82) is 0 Å². The van der Waals surface area contributed by atoms with Crippen LogP contribution in [0.25, 0.3) is 0 Å². The van der Waals surface area contributed by atoms with Gasteiger partial charge in [-0.2, -0.15) is 4.99 Å². The number of hydrogen-bond acceptors (Lipinski definition) is 2. The van der Waals surface area contributed by atoms with Crippen molar-refractivity contribution in [2.75, 3.05) is 6.61 Å². The molecular weight excluding hydrogens is 225 g/mol. The van der Waals surface area contributed by atoms with Gasteiger partial charge >= 0.3 is 0 Å². The van der Waals surface area contributed by atoms with Crippen molar-refractivity contribution >= 4 is 17.6 Å². The van der Waals surface area contributed by atoms with Crippen LogP contribution in [0.4, 0.5) is 10.1 Å². The molecular formula is C10H14FN5O. The van der Waals surface area contributed by atoms with Crippen LogP contribution >= 0.6 is 0 Å². The minimum atomic E-state index is -0.523. The SMILES string of the molecule is CCOc1ccc(N=C(N)N=C(N)N)cc1F. The van der Waals surface area contributed by atoms with Crippen LogP contribution in [0.3, 0.4) is 0 Å². The number of benzene rings is 1. The maximum absolute atomic E-state index is 13.4. The van der Waals surface area contributed by atoms with Crippen LogP contribution in [-0.2, 0) is 0 Å². The third-order valence-corrected chi connectivity index (χ3v) is 1.70. The van der Waals surface area contributed by atoms with Gasteiger partial charge in [-0.25, -0.2) is 9.38 Å². The van der Waals surface area contributed by atoms with Crippen LogP contribution < -0.4 is 21.9 Å². The van der Waals surface area contributed by atoms with Crippen molar-refractivity contribution in [1.82, 2.24) is 0 Å². The second-order valence-electron chi connectivity index (χ2n) is 3.05. The van der Waals surface area contributed by atoms with E-state index in [1.165, 1.54) is 12.1 Å². The summed E-state index contributed by atoms with van der Waals surface area (Å²) in [5, 5.41) is 0. The van der Waals surface area contributed by atoms with Crippen molar-refractivity contribution in [2.24, 2.45) is 27.2 Å². The molecule has 1 rings (SSSR count). The molecule has 0 heterocycles. The molecule has 0 radical (unpaired) electrons. The van der Waals surface area contributed by atoms with Crippen molar-refractivity contribution in [3.63, 3.8) is 0 Å². The summed E-state index contributed by atoms with van der Waals surface area (Å²) in [5.41, 5.74) is 15.9. The topological polar surface area (TPSA) is 112 Å². The average Bonchev–Trinajstić information content (AvgIpc) is 2.21. The molecule has 0 aliphatic carbocycles. The summed E-state index contributed by atoms with van der Waals surface area (Å²) in [6.07, 6.45) is 0. The Morgan fingerprint density at radius 2 is 2.06 bits per heavy atom. The second kappa shape index (κ2) is 5.69. The van der Waals surface area contributed by atoms with E-state index in [-0.39, 0.29) is 17.7 Å². The zero-order valence-electron chi connectivity index (χ0n) is 9.35. The fourth-order valence-corrected chi connectivity index (χ4v) is 1.12. The van der Waals surface area contributed by atoms with E-state index >= 15 is 0 Å². The summed E-state index contributed by atoms with van der Waals surface area (Å²) in [7, 11) is 0. The predicted molar refractivity (Wildman–Crippen MR) is 64.7 cm³/mol. The minimum absolute atomic E-state index is 0.145. The van der Waals surface area contributed by atoms with E-state index in [0.29, 0.717) is 12.3 Å². The van der Waals surface area contributed by atoms with Gasteiger partial charge in [0.25, 0.3) is 0 Å². The smallest absolute Gasteiger partial charge is 0.223 e. The van der Waals surface area contributed by atoms with Crippen molar-refractivity contribution in [3.05, 3.63) is 24.0 Å². The minimum Gasteiger partial charge on any atom is -0.491 e. The molecule has 0 spiro atoms. The molecule has 0 aliphatic rings. The van der Waals surface area contributed by atoms with Gasteiger partial charge in [-0.15, -0.1) is 0 Å². The zero-order valence-corrected chi connectivity index (χ0v) is 9.35. The number of nitrogens with two attached hydrogens (primary N) is 3. The maximum atomic E-state index is 13.4. The molecule has 0 atom stereocenters. The molecule has 6 N–H and O–H groups in total. The van der Waals surface area contributed by atoms with Crippen LogP contribution in [0.5, 0.6) is 5.75 Å². The summed E-state index contributed by atoms with van der Waals surface area (Å²) < 4.78 is 18.5. The molecule has 0 saturated heterocycles. The lowest BCUT2D eigenvalue weighted by molar-refractivity contribution is 0.321. The van der Waals surface area contributed by atoms with Gasteiger partial charge in [0.05, 0.1) is 12.3 Å². The molecule has 0 fully saturated rings. The lowest BCUT2D eigenvalue weighted by atomic mass is 10.3. The van der Waals surface area contributed by atoms with Gasteiger partial charge in [0, 0.05) is 6.07 Å². The summed E-state index contributed by atoms with van der Waals surface area (Å²) in [6.45, 7) is 2.15. The van der Waals surface area contributed by atoms with Crippen molar-refractivity contribution < 1.29 is 9.13 Å². The molecule has 0 unspecified atom stereocenters. The first kappa shape index (κ1) is 12.8. The fraction of sp³-hybridized carbons (Fsp3) is 0.200. The quantitative estimate of drug-likeness (QED) is 0.524. The van der Waals surface area contributed by atoms with E-state index in [9.17, 15) is 4.39 Å². The maximum Gasteiger partial charge on any atom is 0.223 e. The molecule has 0 saturated carbocycles. The van der Waals surface area contributed by atoms with Gasteiger partial charge in [-0.1, -0.05) is 0 Å². The third kappa shape index (κ3) is 3.98. The van der Waals surface area contributed by atoms with Gasteiger partial charge < -0.3 is 21.9 Å². The van der Waals surface area contributed by atoms with E-state index < -0.39 is 5.82 Å². The van der Waals surface area contributed by atoms with Crippen LogP contribution in [0.2, 0.25) is 0 Å². The number of guanidine groups is 2. The molecule has 0 amide bonds. The standard InChI is InChI=1S/C10H14FN5O/c1-2-17-8-4-3-6(5-7(8)11)15-10(14)16-9(12)13/h3-5H,2H2,1H3,(H6,12,13,14,15,16). The van der Waals surface area contributed by atoms with Gasteiger partial charge in [0.2, 0.25) is 5.96 Å². The number of aliphatic imine (C=N–C) groups is 2. The molecule has 6 nitrogen and oxygen atoms in total. The summed E-state index contributed by atoms with van der Waals surface area (Å²) in [4.78, 5) is 7.32. The number of rotatable bonds is 3. The highest BCUT2D eigenvalue weighted by molar-refractivity contribution is 5.93. The Morgan fingerprint density at radius 3 is 2.59 bits per heavy atom. The number of nitrogens with zero attached hydrogens (tertiary/aromatic N) is 2. The average molecular weight is 239 g/mol. The summed E-state index contributed by atoms with van der Waals surface area (Å²) >= 11 is 0. The lowest BCUT2D eigenvalue weighted by Crippen LogP contribution is -2.26. The van der Waals surface area contributed by atoms with Crippen LogP contribution in [0.15, 0.2) is 28.2 Å². The van der Waals surface area contributed by atoms with Crippen LogP contribution in [-0.4, -0.2) is 18.5 Å². The number of hydrogen-bond donors (Lipinski definition) is 3. The second-order valence-corrected chi connectivity index (χ2v) is 3.05. The third-order valence-electron chi connectivity index (χ3n) is 1.70. The normalized spacial score (nSPS) is 11.1. The summed E-state index contributed by atoms with van der Waals surface area (Å²) in [5.74, 6) is -0.719. The number of halogens is 1. The van der Waals surface area contributed by atoms with E-state index in [2.05, 4.69) is 9.98 Å². The highest BCUT2D eigenvalue weighted by Crippen LogP contribution is 2.22. The summed E-state index contributed by atoms with van der Waals surface area (Å²) in [6, 6.07) is 4.18. The van der Waals surface area contributed by atoms with Gasteiger partial charge in [-0.3, -0.25) is 0 Å². The Kier molecular flexibility index (Phi) is 4.27. The molecule has 1 aromatic carbocycles. The molecule has 0 bridgehead atoms. The fourth-order valence-electron chi connectivity index (χ4n) is 1.12. The van der Waals surface area contributed by atoms with Crippen molar-refractivity contribution in [3.8, 4) is 5.75 Å². The first-order chi connectivity index (χ1) is 8.02. The molecule has 0 aromatic heterocycles. The molecule has 92 valence electrons. The Bertz CT molecular complexity index is 454. The van der Waals surface area contributed by atoms with Crippen LogP contribution in [0, 0.1) is 5.82 Å². The Morgan fingerprint density at radius 1 is 1.35 bits per heavy atom. The Labute approximate surface area is 98.0 Å². The number of ether oxygens (including phenoxy) is 1. The zero-order chi connectivity index (χ0) is 12.8. The largest absolute Gasteiger partial charge is 0.491 e. The first-order valence-electron chi connectivity index (χ1n) is 4.89. The van der Waals surface area contributed by atoms with E-state index in [1.807, 2.05) is 0 Å². The van der Waals surface area contributed by atoms with Gasteiger partial charge in [-0.05, 0) is 19.1 Å². The van der Waals surface area contributed by atoms with E-state index in [1.54, 1.807) is 13.0 Å². The Balaban J connectivity index is 2.94. The van der Waals surface area contributed by atoms with Crippen LogP contribution in [0.1, 0.15) is 6.92 Å². The lowest BCUT2D eigenvalue weighted by Gasteiger charge is -2.04. The van der Waals surface area contributed by atoms with Gasteiger partial charge in [0.1, 0.15) is 0 Å². The van der Waals surface area contributed by atoms with E-state index in [4.69, 9.17) is 21.9 Å². The van der Waals surface area contributed by atoms with Gasteiger partial charge in [0.15, 0.2) is 17.5 Å². The first-order valence-corrected chi connectivity index (χ1v) is 4.89. The predicted octanol–water partition coefficient (Wildman–Crippen LogP) is 0.444. The monoisotopic (exact) mass is 239 g/mol. The molecule has 17 heavy (non-hydrogen) atoms. The molecule has 7 heteroatoms. The highest BCUT2D eigenvalue weighted by Gasteiger charge is 2.03. The molecule has 1 aromatic rings. The highest BCUT2D eigenvalue weighted by atomic mass is 19.1. The Hall–Kier alpha value is -2.31. The van der Waals surface area contributed by atoms with E-state index in [0.717, 1.165) is 0 Å².